The average molecular weight is 363 g/mol. The van der Waals surface area contributed by atoms with Crippen molar-refractivity contribution < 1.29 is 23.1 Å². The molecular formula is C18H12F3NO2S. The summed E-state index contributed by atoms with van der Waals surface area (Å²) in [4.78, 5) is 15.2. The van der Waals surface area contributed by atoms with Gasteiger partial charge in [0.25, 0.3) is 0 Å². The van der Waals surface area contributed by atoms with E-state index < -0.39 is 17.7 Å². The Morgan fingerprint density at radius 3 is 2.48 bits per heavy atom. The normalized spacial score (nSPS) is 11.5. The lowest BCUT2D eigenvalue weighted by Crippen LogP contribution is -2.04. The SMILES string of the molecule is O=C(O)c1ccc(Cc2csc(-c3cccc(C(F)(F)F)c3)n2)cc1. The highest BCUT2D eigenvalue weighted by atomic mass is 32.1. The number of alkyl halides is 3. The van der Waals surface area contributed by atoms with E-state index in [4.69, 9.17) is 5.11 Å². The highest BCUT2D eigenvalue weighted by molar-refractivity contribution is 7.13. The summed E-state index contributed by atoms with van der Waals surface area (Å²) in [6, 6.07) is 11.5. The highest BCUT2D eigenvalue weighted by Gasteiger charge is 2.30. The molecule has 0 radical (unpaired) electrons. The monoisotopic (exact) mass is 363 g/mol. The zero-order valence-corrected chi connectivity index (χ0v) is 13.6. The van der Waals surface area contributed by atoms with Crippen LogP contribution in [0.25, 0.3) is 10.6 Å². The third kappa shape index (κ3) is 4.06. The van der Waals surface area contributed by atoms with Gasteiger partial charge in [0.15, 0.2) is 0 Å². The quantitative estimate of drug-likeness (QED) is 0.700. The third-order valence-corrected chi connectivity index (χ3v) is 4.51. The Bertz CT molecular complexity index is 901. The first-order valence-corrected chi connectivity index (χ1v) is 8.15. The average Bonchev–Trinajstić information content (AvgIpc) is 3.03. The Kier molecular flexibility index (Phi) is 4.59. The van der Waals surface area contributed by atoms with E-state index in [0.29, 0.717) is 17.0 Å². The number of rotatable bonds is 4. The number of benzene rings is 2. The Balaban J connectivity index is 1.80. The molecule has 0 fully saturated rings. The summed E-state index contributed by atoms with van der Waals surface area (Å²) in [5.74, 6) is -0.993. The lowest BCUT2D eigenvalue weighted by atomic mass is 10.1. The van der Waals surface area contributed by atoms with Gasteiger partial charge >= 0.3 is 12.1 Å². The Morgan fingerprint density at radius 2 is 1.84 bits per heavy atom. The number of hydrogen-bond acceptors (Lipinski definition) is 3. The van der Waals surface area contributed by atoms with Crippen molar-refractivity contribution in [3.05, 3.63) is 76.3 Å². The van der Waals surface area contributed by atoms with Gasteiger partial charge in [-0.3, -0.25) is 0 Å². The number of carboxylic acid groups (broad SMARTS) is 1. The number of aromatic nitrogens is 1. The van der Waals surface area contributed by atoms with Crippen molar-refractivity contribution in [2.75, 3.05) is 0 Å². The van der Waals surface area contributed by atoms with Gasteiger partial charge in [0, 0.05) is 17.4 Å². The second kappa shape index (κ2) is 6.68. The lowest BCUT2D eigenvalue weighted by Gasteiger charge is -2.07. The summed E-state index contributed by atoms with van der Waals surface area (Å²) in [5, 5.41) is 11.2. The van der Waals surface area contributed by atoms with Gasteiger partial charge in [0.2, 0.25) is 0 Å². The van der Waals surface area contributed by atoms with E-state index in [1.54, 1.807) is 23.6 Å². The fraction of sp³-hybridized carbons (Fsp3) is 0.111. The van der Waals surface area contributed by atoms with Crippen LogP contribution < -0.4 is 0 Å². The molecule has 1 heterocycles. The fourth-order valence-electron chi connectivity index (χ4n) is 2.32. The molecule has 25 heavy (non-hydrogen) atoms. The molecule has 0 aliphatic carbocycles. The Labute approximate surface area is 145 Å². The van der Waals surface area contributed by atoms with Crippen LogP contribution in [0.3, 0.4) is 0 Å². The number of aromatic carboxylic acids is 1. The highest BCUT2D eigenvalue weighted by Crippen LogP contribution is 2.33. The van der Waals surface area contributed by atoms with Gasteiger partial charge in [-0.2, -0.15) is 13.2 Å². The minimum absolute atomic E-state index is 0.201. The van der Waals surface area contributed by atoms with E-state index in [1.165, 1.54) is 29.5 Å². The molecule has 1 aromatic heterocycles. The molecule has 3 rings (SSSR count). The number of carboxylic acids is 1. The van der Waals surface area contributed by atoms with Gasteiger partial charge in [0.05, 0.1) is 16.8 Å². The molecule has 1 N–H and O–H groups in total. The maximum Gasteiger partial charge on any atom is 0.416 e. The first kappa shape index (κ1) is 17.2. The Morgan fingerprint density at radius 1 is 1.12 bits per heavy atom. The van der Waals surface area contributed by atoms with Gasteiger partial charge < -0.3 is 5.11 Å². The molecule has 3 aromatic rings. The topological polar surface area (TPSA) is 50.2 Å². The molecule has 0 spiro atoms. The minimum Gasteiger partial charge on any atom is -0.478 e. The van der Waals surface area contributed by atoms with Crippen LogP contribution in [0.1, 0.15) is 27.2 Å². The minimum atomic E-state index is -4.39. The molecule has 0 saturated heterocycles. The molecule has 0 bridgehead atoms. The fourth-order valence-corrected chi connectivity index (χ4v) is 3.14. The lowest BCUT2D eigenvalue weighted by molar-refractivity contribution is -0.137. The smallest absolute Gasteiger partial charge is 0.416 e. The van der Waals surface area contributed by atoms with Crippen LogP contribution in [0.2, 0.25) is 0 Å². The van der Waals surface area contributed by atoms with Crippen LogP contribution in [0.15, 0.2) is 53.9 Å². The molecule has 128 valence electrons. The van der Waals surface area contributed by atoms with E-state index in [9.17, 15) is 18.0 Å². The summed E-state index contributed by atoms with van der Waals surface area (Å²) in [7, 11) is 0. The van der Waals surface area contributed by atoms with Crippen molar-refractivity contribution in [1.82, 2.24) is 4.98 Å². The van der Waals surface area contributed by atoms with E-state index >= 15 is 0 Å². The second-order valence-electron chi connectivity index (χ2n) is 5.40. The first-order valence-electron chi connectivity index (χ1n) is 7.27. The van der Waals surface area contributed by atoms with Crippen LogP contribution in [0.4, 0.5) is 13.2 Å². The van der Waals surface area contributed by atoms with Gasteiger partial charge in [-0.1, -0.05) is 24.3 Å². The molecular weight excluding hydrogens is 351 g/mol. The molecule has 2 aromatic carbocycles. The van der Waals surface area contributed by atoms with Crippen LogP contribution in [-0.4, -0.2) is 16.1 Å². The first-order chi connectivity index (χ1) is 11.8. The standard InChI is InChI=1S/C18H12F3NO2S/c19-18(20,21)14-3-1-2-13(9-14)16-22-15(10-25-16)8-11-4-6-12(7-5-11)17(23)24/h1-7,9-10H,8H2,(H,23,24). The summed E-state index contributed by atoms with van der Waals surface area (Å²) in [6.07, 6.45) is -3.91. The number of carbonyl (C=O) groups is 1. The molecule has 0 saturated carbocycles. The second-order valence-corrected chi connectivity index (χ2v) is 6.26. The maximum absolute atomic E-state index is 12.8. The predicted molar refractivity (Wildman–Crippen MR) is 88.8 cm³/mol. The number of nitrogens with zero attached hydrogens (tertiary/aromatic N) is 1. The maximum atomic E-state index is 12.8. The van der Waals surface area contributed by atoms with Gasteiger partial charge in [-0.15, -0.1) is 11.3 Å². The van der Waals surface area contributed by atoms with E-state index in [0.717, 1.165) is 23.4 Å². The van der Waals surface area contributed by atoms with Crippen LogP contribution in [0, 0.1) is 0 Å². The zero-order chi connectivity index (χ0) is 18.0. The van der Waals surface area contributed by atoms with Crippen molar-refractivity contribution in [2.45, 2.75) is 12.6 Å². The Hall–Kier alpha value is -2.67. The van der Waals surface area contributed by atoms with E-state index in [1.807, 2.05) is 0 Å². The molecule has 3 nitrogen and oxygen atoms in total. The molecule has 0 aliphatic rings. The van der Waals surface area contributed by atoms with Crippen molar-refractivity contribution in [3.8, 4) is 10.6 Å². The summed E-state index contributed by atoms with van der Waals surface area (Å²) >= 11 is 1.28. The molecule has 7 heteroatoms. The molecule has 0 aliphatic heterocycles. The summed E-state index contributed by atoms with van der Waals surface area (Å²) < 4.78 is 38.4. The van der Waals surface area contributed by atoms with Gasteiger partial charge in [0.1, 0.15) is 5.01 Å². The molecule has 0 atom stereocenters. The van der Waals surface area contributed by atoms with Crippen LogP contribution in [-0.2, 0) is 12.6 Å². The number of halogens is 3. The van der Waals surface area contributed by atoms with E-state index in [-0.39, 0.29) is 5.56 Å². The number of hydrogen-bond donors (Lipinski definition) is 1. The van der Waals surface area contributed by atoms with Gasteiger partial charge in [-0.05, 0) is 29.8 Å². The summed E-state index contributed by atoms with van der Waals surface area (Å²) in [5.41, 5.74) is 1.52. The third-order valence-electron chi connectivity index (χ3n) is 3.57. The van der Waals surface area contributed by atoms with Crippen LogP contribution >= 0.6 is 11.3 Å². The summed E-state index contributed by atoms with van der Waals surface area (Å²) in [6.45, 7) is 0. The van der Waals surface area contributed by atoms with E-state index in [2.05, 4.69) is 4.98 Å². The van der Waals surface area contributed by atoms with Crippen molar-refractivity contribution in [2.24, 2.45) is 0 Å². The molecule has 0 amide bonds. The predicted octanol–water partition coefficient (Wildman–Crippen LogP) is 5.12. The largest absolute Gasteiger partial charge is 0.478 e. The number of thiazole rings is 1. The van der Waals surface area contributed by atoms with Crippen molar-refractivity contribution in [1.29, 1.82) is 0 Å². The zero-order valence-electron chi connectivity index (χ0n) is 12.7. The van der Waals surface area contributed by atoms with Crippen molar-refractivity contribution >= 4 is 17.3 Å². The molecule has 0 unspecified atom stereocenters. The van der Waals surface area contributed by atoms with Crippen LogP contribution in [0.5, 0.6) is 0 Å². The van der Waals surface area contributed by atoms with Gasteiger partial charge in [-0.25, -0.2) is 9.78 Å². The van der Waals surface area contributed by atoms with Crippen molar-refractivity contribution in [3.63, 3.8) is 0 Å².